The molecule has 0 bridgehead atoms. The molecule has 2 aromatic carbocycles. The Labute approximate surface area is 170 Å². The molecule has 0 aliphatic heterocycles. The Kier molecular flexibility index (Phi) is 8.61. The number of halogens is 2. The highest BCUT2D eigenvalue weighted by Gasteiger charge is 2.23. The molecule has 0 N–H and O–H groups in total. The molecule has 1 unspecified atom stereocenters. The number of alkyl halides is 1. The number of hydrogen-bond acceptors (Lipinski definition) is 3. The molecule has 2 rings (SSSR count). The van der Waals surface area contributed by atoms with Gasteiger partial charge in [-0.1, -0.05) is 76.6 Å². The highest BCUT2D eigenvalue weighted by atomic mass is 79.9. The maximum absolute atomic E-state index is 12.7. The zero-order chi connectivity index (χ0) is 19.0. The van der Waals surface area contributed by atoms with E-state index in [0.717, 1.165) is 42.1 Å². The molecule has 0 amide bonds. The van der Waals surface area contributed by atoms with Crippen molar-refractivity contribution < 1.29 is 12.6 Å². The van der Waals surface area contributed by atoms with E-state index in [-0.39, 0.29) is 4.90 Å². The summed E-state index contributed by atoms with van der Waals surface area (Å²) in [6.45, 7) is 1.92. The Morgan fingerprint density at radius 1 is 0.962 bits per heavy atom. The van der Waals surface area contributed by atoms with Gasteiger partial charge in [0.05, 0.1) is 4.90 Å². The predicted molar refractivity (Wildman–Crippen MR) is 111 cm³/mol. The van der Waals surface area contributed by atoms with Crippen LogP contribution in [0.25, 0.3) is 0 Å². The number of hydrogen-bond donors (Lipinski definition) is 0. The highest BCUT2D eigenvalue weighted by molar-refractivity contribution is 9.09. The third-order valence-corrected chi connectivity index (χ3v) is 6.29. The molecule has 6 heteroatoms. The third kappa shape index (κ3) is 6.69. The van der Waals surface area contributed by atoms with E-state index in [1.807, 2.05) is 19.1 Å². The molecule has 2 aromatic rings. The summed E-state index contributed by atoms with van der Waals surface area (Å²) >= 11 is 9.39. The van der Waals surface area contributed by atoms with E-state index in [0.29, 0.717) is 11.4 Å². The normalized spacial score (nSPS) is 12.9. The van der Waals surface area contributed by atoms with Crippen LogP contribution in [0.15, 0.2) is 53.4 Å². The van der Waals surface area contributed by atoms with Gasteiger partial charge in [-0.3, -0.25) is 4.18 Å². The summed E-state index contributed by atoms with van der Waals surface area (Å²) in [7, 11) is -3.82. The first-order valence-corrected chi connectivity index (χ1v) is 11.6. The van der Waals surface area contributed by atoms with Crippen LogP contribution in [0.4, 0.5) is 0 Å². The van der Waals surface area contributed by atoms with Gasteiger partial charge in [-0.15, -0.1) is 0 Å². The lowest BCUT2D eigenvalue weighted by Crippen LogP contribution is -2.13. The quantitative estimate of drug-likeness (QED) is 0.233. The molecular formula is C20H24BrClO3S. The molecule has 0 fully saturated rings. The van der Waals surface area contributed by atoms with Crippen LogP contribution >= 0.6 is 27.5 Å². The maximum Gasteiger partial charge on any atom is 0.297 e. The first-order chi connectivity index (χ1) is 12.4. The van der Waals surface area contributed by atoms with E-state index in [2.05, 4.69) is 15.9 Å². The van der Waals surface area contributed by atoms with Crippen LogP contribution in [-0.2, 0) is 14.3 Å². The SMILES string of the molecule is Cc1ccc(S(=O)(=O)OC(CCCCCCBr)c2ccc(Cl)cc2)cc1. The summed E-state index contributed by atoms with van der Waals surface area (Å²) in [4.78, 5) is 0.182. The number of unbranched alkanes of at least 4 members (excludes halogenated alkanes) is 3. The van der Waals surface area contributed by atoms with Crippen LogP contribution in [0.2, 0.25) is 5.02 Å². The molecule has 142 valence electrons. The van der Waals surface area contributed by atoms with Gasteiger partial charge in [0.25, 0.3) is 10.1 Å². The van der Waals surface area contributed by atoms with E-state index >= 15 is 0 Å². The zero-order valence-corrected chi connectivity index (χ0v) is 18.0. The monoisotopic (exact) mass is 458 g/mol. The fraction of sp³-hybridized carbons (Fsp3) is 0.400. The number of rotatable bonds is 10. The minimum Gasteiger partial charge on any atom is -0.258 e. The van der Waals surface area contributed by atoms with Crippen molar-refractivity contribution >= 4 is 37.6 Å². The summed E-state index contributed by atoms with van der Waals surface area (Å²) < 4.78 is 31.0. The Morgan fingerprint density at radius 3 is 2.19 bits per heavy atom. The van der Waals surface area contributed by atoms with Gasteiger partial charge in [0.1, 0.15) is 6.10 Å². The minimum absolute atomic E-state index is 0.182. The molecule has 0 aromatic heterocycles. The minimum atomic E-state index is -3.82. The number of aryl methyl sites for hydroxylation is 1. The summed E-state index contributed by atoms with van der Waals surface area (Å²) in [5.74, 6) is 0. The van der Waals surface area contributed by atoms with Gasteiger partial charge in [-0.25, -0.2) is 0 Å². The highest BCUT2D eigenvalue weighted by Crippen LogP contribution is 2.29. The van der Waals surface area contributed by atoms with Crippen molar-refractivity contribution in [1.29, 1.82) is 0 Å². The predicted octanol–water partition coefficient (Wildman–Crippen LogP) is 6.44. The Bertz CT molecular complexity index is 774. The fourth-order valence-electron chi connectivity index (χ4n) is 2.64. The van der Waals surface area contributed by atoms with Crippen LogP contribution in [0, 0.1) is 6.92 Å². The molecule has 0 aliphatic carbocycles. The van der Waals surface area contributed by atoms with Crippen LogP contribution in [0.1, 0.15) is 49.3 Å². The van der Waals surface area contributed by atoms with Crippen molar-refractivity contribution in [1.82, 2.24) is 0 Å². The molecule has 0 radical (unpaired) electrons. The summed E-state index contributed by atoms with van der Waals surface area (Å²) in [6, 6.07) is 13.9. The standard InChI is InChI=1S/C20H24BrClO3S/c1-16-7-13-19(14-8-16)26(23,24)25-20(6-4-2-3-5-15-21)17-9-11-18(22)12-10-17/h7-14,20H,2-6,15H2,1H3. The van der Waals surface area contributed by atoms with E-state index in [1.54, 1.807) is 36.4 Å². The summed E-state index contributed by atoms with van der Waals surface area (Å²) in [5, 5.41) is 1.61. The lowest BCUT2D eigenvalue weighted by molar-refractivity contribution is 0.198. The first-order valence-electron chi connectivity index (χ1n) is 8.74. The van der Waals surface area contributed by atoms with Crippen molar-refractivity contribution in [3.63, 3.8) is 0 Å². The molecule has 0 aliphatic rings. The van der Waals surface area contributed by atoms with E-state index < -0.39 is 16.2 Å². The van der Waals surface area contributed by atoms with Gasteiger partial charge in [-0.2, -0.15) is 8.42 Å². The van der Waals surface area contributed by atoms with Gasteiger partial charge < -0.3 is 0 Å². The van der Waals surface area contributed by atoms with Crippen molar-refractivity contribution in [2.75, 3.05) is 5.33 Å². The lowest BCUT2D eigenvalue weighted by Gasteiger charge is -2.18. The average Bonchev–Trinajstić information content (AvgIpc) is 2.61. The van der Waals surface area contributed by atoms with Crippen LogP contribution in [0.5, 0.6) is 0 Å². The van der Waals surface area contributed by atoms with Gasteiger partial charge in [0.15, 0.2) is 0 Å². The Hall–Kier alpha value is -0.880. The Morgan fingerprint density at radius 2 is 1.58 bits per heavy atom. The van der Waals surface area contributed by atoms with Crippen molar-refractivity contribution in [2.45, 2.75) is 50.0 Å². The molecule has 26 heavy (non-hydrogen) atoms. The van der Waals surface area contributed by atoms with Gasteiger partial charge >= 0.3 is 0 Å². The summed E-state index contributed by atoms with van der Waals surface area (Å²) in [5.41, 5.74) is 1.83. The second kappa shape index (κ2) is 10.5. The van der Waals surface area contributed by atoms with E-state index in [1.165, 1.54) is 0 Å². The number of benzene rings is 2. The third-order valence-electron chi connectivity index (χ3n) is 4.14. The van der Waals surface area contributed by atoms with Crippen molar-refractivity contribution in [2.24, 2.45) is 0 Å². The second-order valence-corrected chi connectivity index (χ2v) is 9.10. The molecule has 0 saturated carbocycles. The summed E-state index contributed by atoms with van der Waals surface area (Å²) in [6.07, 6.45) is 4.32. The largest absolute Gasteiger partial charge is 0.297 e. The smallest absolute Gasteiger partial charge is 0.258 e. The van der Waals surface area contributed by atoms with Gasteiger partial charge in [0.2, 0.25) is 0 Å². The molecule has 3 nitrogen and oxygen atoms in total. The van der Waals surface area contributed by atoms with Crippen molar-refractivity contribution in [3.8, 4) is 0 Å². The van der Waals surface area contributed by atoms with Crippen LogP contribution in [-0.4, -0.2) is 13.7 Å². The molecule has 0 spiro atoms. The topological polar surface area (TPSA) is 43.4 Å². The van der Waals surface area contributed by atoms with Crippen LogP contribution < -0.4 is 0 Å². The Balaban J connectivity index is 2.14. The first kappa shape index (κ1) is 21.4. The van der Waals surface area contributed by atoms with E-state index in [4.69, 9.17) is 15.8 Å². The zero-order valence-electron chi connectivity index (χ0n) is 14.8. The molecule has 0 heterocycles. The second-order valence-electron chi connectivity index (χ2n) is 6.30. The maximum atomic E-state index is 12.7. The lowest BCUT2D eigenvalue weighted by atomic mass is 10.0. The molecule has 1 atom stereocenters. The van der Waals surface area contributed by atoms with Gasteiger partial charge in [0, 0.05) is 10.4 Å². The van der Waals surface area contributed by atoms with Crippen LogP contribution in [0.3, 0.4) is 0 Å². The fourth-order valence-corrected chi connectivity index (χ4v) is 4.26. The van der Waals surface area contributed by atoms with Crippen molar-refractivity contribution in [3.05, 3.63) is 64.7 Å². The van der Waals surface area contributed by atoms with E-state index in [9.17, 15) is 8.42 Å². The molecule has 0 saturated heterocycles. The van der Waals surface area contributed by atoms with Gasteiger partial charge in [-0.05, 0) is 49.6 Å². The average molecular weight is 460 g/mol. The molecular weight excluding hydrogens is 436 g/mol.